The van der Waals surface area contributed by atoms with Crippen molar-refractivity contribution in [3.8, 4) is 0 Å². The number of nitrogens with zero attached hydrogens (tertiary/aromatic N) is 3. The lowest BCUT2D eigenvalue weighted by Gasteiger charge is -2.13. The maximum absolute atomic E-state index is 12.5. The highest BCUT2D eigenvalue weighted by Gasteiger charge is 2.29. The molecule has 1 aromatic carbocycles. The third kappa shape index (κ3) is 5.15. The van der Waals surface area contributed by atoms with E-state index in [2.05, 4.69) is 31.4 Å². The Morgan fingerprint density at radius 3 is 2.82 bits per heavy atom. The SMILES string of the molecule is Cc1ccc(NC(=O)C(C)Sc2nnc(CC3CCS(=O)(=O)C3)n2C)c(Br)c1. The summed E-state index contributed by atoms with van der Waals surface area (Å²) in [5, 5.41) is 11.6. The lowest BCUT2D eigenvalue weighted by molar-refractivity contribution is -0.115. The lowest BCUT2D eigenvalue weighted by atomic mass is 10.1. The predicted molar refractivity (Wildman–Crippen MR) is 114 cm³/mol. The van der Waals surface area contributed by atoms with E-state index in [1.807, 2.05) is 43.7 Å². The molecule has 0 spiro atoms. The minimum atomic E-state index is -2.91. The van der Waals surface area contributed by atoms with Crippen molar-refractivity contribution in [3.05, 3.63) is 34.1 Å². The van der Waals surface area contributed by atoms with Crippen LogP contribution in [0.3, 0.4) is 0 Å². The Balaban J connectivity index is 1.61. The van der Waals surface area contributed by atoms with Crippen LogP contribution in [0.25, 0.3) is 0 Å². The number of sulfone groups is 1. The third-order valence-corrected chi connectivity index (χ3v) is 8.38. The first-order valence-electron chi connectivity index (χ1n) is 8.97. The van der Waals surface area contributed by atoms with Crippen LogP contribution in [0, 0.1) is 12.8 Å². The average Bonchev–Trinajstić information content (AvgIpc) is 3.13. The molecule has 10 heteroatoms. The van der Waals surface area contributed by atoms with Crippen molar-refractivity contribution in [1.29, 1.82) is 0 Å². The number of halogens is 1. The van der Waals surface area contributed by atoms with Crippen molar-refractivity contribution in [2.75, 3.05) is 16.8 Å². The molecule has 0 aliphatic carbocycles. The number of rotatable bonds is 6. The Labute approximate surface area is 177 Å². The lowest BCUT2D eigenvalue weighted by Crippen LogP contribution is -2.23. The van der Waals surface area contributed by atoms with Crippen molar-refractivity contribution >= 4 is 49.1 Å². The van der Waals surface area contributed by atoms with Crippen LogP contribution >= 0.6 is 27.7 Å². The Morgan fingerprint density at radius 2 is 2.18 bits per heavy atom. The van der Waals surface area contributed by atoms with Crippen LogP contribution in [0.4, 0.5) is 5.69 Å². The third-order valence-electron chi connectivity index (χ3n) is 4.76. The molecule has 3 rings (SSSR count). The molecule has 2 heterocycles. The summed E-state index contributed by atoms with van der Waals surface area (Å²) in [5.74, 6) is 1.18. The average molecular weight is 487 g/mol. The summed E-state index contributed by atoms with van der Waals surface area (Å²) in [4.78, 5) is 12.5. The monoisotopic (exact) mass is 486 g/mol. The summed E-state index contributed by atoms with van der Waals surface area (Å²) in [5.41, 5.74) is 1.83. The first-order valence-corrected chi connectivity index (χ1v) is 12.5. The van der Waals surface area contributed by atoms with Crippen LogP contribution in [0.5, 0.6) is 0 Å². The molecule has 1 N–H and O–H groups in total. The summed E-state index contributed by atoms with van der Waals surface area (Å²) in [6.07, 6.45) is 1.25. The van der Waals surface area contributed by atoms with Gasteiger partial charge in [-0.1, -0.05) is 17.8 Å². The van der Waals surface area contributed by atoms with Gasteiger partial charge in [0.1, 0.15) is 5.82 Å². The molecule has 0 bridgehead atoms. The number of anilines is 1. The van der Waals surface area contributed by atoms with Crippen LogP contribution < -0.4 is 5.32 Å². The van der Waals surface area contributed by atoms with Crippen molar-refractivity contribution < 1.29 is 13.2 Å². The van der Waals surface area contributed by atoms with E-state index in [0.717, 1.165) is 21.5 Å². The van der Waals surface area contributed by atoms with E-state index in [9.17, 15) is 13.2 Å². The van der Waals surface area contributed by atoms with Gasteiger partial charge < -0.3 is 9.88 Å². The van der Waals surface area contributed by atoms with Crippen LogP contribution in [-0.2, 0) is 28.1 Å². The molecule has 1 aromatic heterocycles. The van der Waals surface area contributed by atoms with Gasteiger partial charge in [0.2, 0.25) is 5.91 Å². The fraction of sp³-hybridized carbons (Fsp3) is 0.500. The fourth-order valence-electron chi connectivity index (χ4n) is 3.08. The predicted octanol–water partition coefficient (Wildman–Crippen LogP) is 2.98. The van der Waals surface area contributed by atoms with E-state index in [1.54, 1.807) is 0 Å². The summed E-state index contributed by atoms with van der Waals surface area (Å²) in [6.45, 7) is 3.81. The molecule has 2 unspecified atom stereocenters. The van der Waals surface area contributed by atoms with Gasteiger partial charge in [-0.05, 0) is 59.8 Å². The molecular formula is C18H23BrN4O3S2. The van der Waals surface area contributed by atoms with Gasteiger partial charge in [-0.3, -0.25) is 4.79 Å². The number of amides is 1. The van der Waals surface area contributed by atoms with Crippen LogP contribution in [0.2, 0.25) is 0 Å². The standard InChI is InChI=1S/C18H23BrN4O3S2/c1-11-4-5-15(14(19)8-11)20-17(24)12(2)27-18-22-21-16(23(18)3)9-13-6-7-28(25,26)10-13/h4-5,8,12-13H,6-7,9-10H2,1-3H3,(H,20,24). The summed E-state index contributed by atoms with van der Waals surface area (Å²) in [6, 6.07) is 5.76. The zero-order chi connectivity index (χ0) is 20.5. The zero-order valence-corrected chi connectivity index (χ0v) is 19.2. The van der Waals surface area contributed by atoms with Gasteiger partial charge in [0.25, 0.3) is 0 Å². The number of benzene rings is 1. The molecule has 2 aromatic rings. The van der Waals surface area contributed by atoms with E-state index in [1.165, 1.54) is 11.8 Å². The van der Waals surface area contributed by atoms with Gasteiger partial charge in [-0.15, -0.1) is 10.2 Å². The second-order valence-corrected chi connectivity index (χ2v) is 11.6. The Bertz CT molecular complexity index is 991. The van der Waals surface area contributed by atoms with Crippen molar-refractivity contribution in [3.63, 3.8) is 0 Å². The van der Waals surface area contributed by atoms with E-state index < -0.39 is 9.84 Å². The van der Waals surface area contributed by atoms with Crippen molar-refractivity contribution in [2.45, 2.75) is 37.1 Å². The molecule has 0 radical (unpaired) electrons. The van der Waals surface area contributed by atoms with Crippen molar-refractivity contribution in [1.82, 2.24) is 14.8 Å². The van der Waals surface area contributed by atoms with Gasteiger partial charge in [0.15, 0.2) is 15.0 Å². The smallest absolute Gasteiger partial charge is 0.237 e. The molecule has 152 valence electrons. The molecule has 7 nitrogen and oxygen atoms in total. The molecule has 0 saturated carbocycles. The number of thioether (sulfide) groups is 1. The zero-order valence-electron chi connectivity index (χ0n) is 16.0. The van der Waals surface area contributed by atoms with Gasteiger partial charge in [-0.2, -0.15) is 0 Å². The molecule has 1 fully saturated rings. The summed E-state index contributed by atoms with van der Waals surface area (Å²) >= 11 is 4.79. The Hall–Kier alpha value is -1.39. The van der Waals surface area contributed by atoms with Gasteiger partial charge in [0, 0.05) is 17.9 Å². The number of carbonyl (C=O) groups is 1. The first-order chi connectivity index (χ1) is 13.1. The highest BCUT2D eigenvalue weighted by Crippen LogP contribution is 2.28. The highest BCUT2D eigenvalue weighted by molar-refractivity contribution is 9.10. The molecule has 1 amide bonds. The first kappa shape index (κ1) is 21.3. The molecule has 1 saturated heterocycles. The topological polar surface area (TPSA) is 94.0 Å². The highest BCUT2D eigenvalue weighted by atomic mass is 79.9. The van der Waals surface area contributed by atoms with Gasteiger partial charge >= 0.3 is 0 Å². The summed E-state index contributed by atoms with van der Waals surface area (Å²) < 4.78 is 26.0. The van der Waals surface area contributed by atoms with E-state index in [0.29, 0.717) is 18.0 Å². The number of carbonyl (C=O) groups excluding carboxylic acids is 1. The van der Waals surface area contributed by atoms with Crippen LogP contribution in [-0.4, -0.2) is 45.8 Å². The molecular weight excluding hydrogens is 464 g/mol. The Morgan fingerprint density at radius 1 is 1.43 bits per heavy atom. The Kier molecular flexibility index (Phi) is 6.51. The molecule has 1 aliphatic rings. The van der Waals surface area contributed by atoms with E-state index >= 15 is 0 Å². The van der Waals surface area contributed by atoms with Crippen LogP contribution in [0.1, 0.15) is 24.7 Å². The number of aryl methyl sites for hydroxylation is 1. The van der Waals surface area contributed by atoms with Crippen LogP contribution in [0.15, 0.2) is 27.8 Å². The molecule has 2 atom stereocenters. The largest absolute Gasteiger partial charge is 0.324 e. The van der Waals surface area contributed by atoms with E-state index in [4.69, 9.17) is 0 Å². The fourth-order valence-corrected chi connectivity index (χ4v) is 6.37. The number of hydrogen-bond donors (Lipinski definition) is 1. The number of aromatic nitrogens is 3. The maximum Gasteiger partial charge on any atom is 0.237 e. The minimum Gasteiger partial charge on any atom is -0.324 e. The quantitative estimate of drug-likeness (QED) is 0.630. The normalized spacial score (nSPS) is 19.5. The van der Waals surface area contributed by atoms with Gasteiger partial charge in [-0.25, -0.2) is 8.42 Å². The summed E-state index contributed by atoms with van der Waals surface area (Å²) in [7, 11) is -1.06. The number of hydrogen-bond acceptors (Lipinski definition) is 6. The second-order valence-electron chi connectivity index (χ2n) is 7.16. The second kappa shape index (κ2) is 8.54. The van der Waals surface area contributed by atoms with E-state index in [-0.39, 0.29) is 28.6 Å². The molecule has 28 heavy (non-hydrogen) atoms. The number of nitrogens with one attached hydrogen (secondary N) is 1. The van der Waals surface area contributed by atoms with Gasteiger partial charge in [0.05, 0.1) is 22.4 Å². The van der Waals surface area contributed by atoms with Crippen molar-refractivity contribution in [2.24, 2.45) is 13.0 Å². The minimum absolute atomic E-state index is 0.0883. The maximum atomic E-state index is 12.5. The molecule has 1 aliphatic heterocycles.